The van der Waals surface area contributed by atoms with Crippen LogP contribution in [-0.2, 0) is 0 Å². The predicted octanol–water partition coefficient (Wildman–Crippen LogP) is 2.89. The Hall–Kier alpha value is -0.320. The number of thioether (sulfide) groups is 1. The number of thiocarbonyl (C=S) groups is 1. The molecule has 0 aliphatic carbocycles. The highest BCUT2D eigenvalue weighted by molar-refractivity contribution is 8.23. The van der Waals surface area contributed by atoms with Crippen LogP contribution < -0.4 is 0 Å². The van der Waals surface area contributed by atoms with Gasteiger partial charge in [0.15, 0.2) is 0 Å². The predicted molar refractivity (Wildman–Crippen MR) is 62.3 cm³/mol. The molecule has 0 bridgehead atoms. The molecular formula is C8H9ClN2S2. The molecule has 0 aliphatic rings. The Morgan fingerprint density at radius 1 is 1.77 bits per heavy atom. The van der Waals surface area contributed by atoms with Gasteiger partial charge in [0.1, 0.15) is 10.6 Å². The van der Waals surface area contributed by atoms with Crippen LogP contribution in [0.25, 0.3) is 0 Å². The summed E-state index contributed by atoms with van der Waals surface area (Å²) in [7, 11) is 0. The first-order valence-electron chi connectivity index (χ1n) is 3.67. The molecule has 0 aromatic carbocycles. The zero-order chi connectivity index (χ0) is 9.68. The fourth-order valence-corrected chi connectivity index (χ4v) is 1.88. The summed E-state index contributed by atoms with van der Waals surface area (Å²) in [5.74, 6) is 0.798. The van der Waals surface area contributed by atoms with Gasteiger partial charge in [0, 0.05) is 23.2 Å². The van der Waals surface area contributed by atoms with Crippen molar-refractivity contribution in [2.24, 2.45) is 0 Å². The van der Waals surface area contributed by atoms with E-state index in [1.165, 1.54) is 0 Å². The van der Waals surface area contributed by atoms with Gasteiger partial charge in [0.25, 0.3) is 0 Å². The van der Waals surface area contributed by atoms with Gasteiger partial charge in [-0.05, 0) is 6.92 Å². The van der Waals surface area contributed by atoms with E-state index in [4.69, 9.17) is 23.8 Å². The van der Waals surface area contributed by atoms with E-state index in [0.29, 0.717) is 0 Å². The molecule has 0 aliphatic heterocycles. The number of rotatable bonds is 2. The van der Waals surface area contributed by atoms with E-state index >= 15 is 0 Å². The largest absolute Gasteiger partial charge is 0.291 e. The van der Waals surface area contributed by atoms with Crippen LogP contribution in [-0.4, -0.2) is 19.6 Å². The van der Waals surface area contributed by atoms with Crippen LogP contribution in [0.15, 0.2) is 29.8 Å². The van der Waals surface area contributed by atoms with Crippen molar-refractivity contribution < 1.29 is 0 Å². The van der Waals surface area contributed by atoms with Crippen LogP contribution in [0.1, 0.15) is 6.92 Å². The molecule has 1 aromatic heterocycles. The molecule has 0 atom stereocenters. The van der Waals surface area contributed by atoms with E-state index in [9.17, 15) is 0 Å². The van der Waals surface area contributed by atoms with E-state index < -0.39 is 0 Å². The third kappa shape index (κ3) is 3.93. The van der Waals surface area contributed by atoms with Crippen molar-refractivity contribution in [2.45, 2.75) is 6.92 Å². The second kappa shape index (κ2) is 5.42. The lowest BCUT2D eigenvalue weighted by molar-refractivity contribution is 1.18. The van der Waals surface area contributed by atoms with Crippen LogP contribution in [0.2, 0.25) is 0 Å². The number of nitrogens with zero attached hydrogens (tertiary/aromatic N) is 2. The van der Waals surface area contributed by atoms with E-state index in [-0.39, 0.29) is 0 Å². The summed E-state index contributed by atoms with van der Waals surface area (Å²) in [6.45, 7) is 1.85. The number of hydrogen-bond donors (Lipinski definition) is 0. The van der Waals surface area contributed by atoms with Gasteiger partial charge in [-0.15, -0.1) is 0 Å². The number of allylic oxidation sites excluding steroid dienone is 1. The molecule has 0 saturated heterocycles. The minimum Gasteiger partial charge on any atom is -0.291 e. The van der Waals surface area contributed by atoms with Gasteiger partial charge in [0.2, 0.25) is 0 Å². The zero-order valence-corrected chi connectivity index (χ0v) is 9.49. The first kappa shape index (κ1) is 10.8. The van der Waals surface area contributed by atoms with Crippen molar-refractivity contribution in [1.82, 2.24) is 9.55 Å². The molecule has 1 heterocycles. The molecule has 1 aromatic rings. The topological polar surface area (TPSA) is 17.8 Å². The molecule has 0 unspecified atom stereocenters. The molecule has 0 spiro atoms. The van der Waals surface area contributed by atoms with Gasteiger partial charge >= 0.3 is 0 Å². The quantitative estimate of drug-likeness (QED) is 0.731. The Kier molecular flexibility index (Phi) is 4.48. The maximum atomic E-state index is 5.67. The summed E-state index contributed by atoms with van der Waals surface area (Å²) in [5.41, 5.74) is 0. The second-order valence-corrected chi connectivity index (χ2v) is 4.59. The summed E-state index contributed by atoms with van der Waals surface area (Å²) in [5, 5.41) is 0.793. The van der Waals surface area contributed by atoms with Gasteiger partial charge in [-0.2, -0.15) is 0 Å². The fourth-order valence-electron chi connectivity index (χ4n) is 0.669. The van der Waals surface area contributed by atoms with Crippen molar-refractivity contribution in [3.05, 3.63) is 29.8 Å². The lowest BCUT2D eigenvalue weighted by Gasteiger charge is -2.00. The summed E-state index contributed by atoms with van der Waals surface area (Å²) < 4.78 is 2.59. The maximum absolute atomic E-state index is 5.67. The molecule has 13 heavy (non-hydrogen) atoms. The van der Waals surface area contributed by atoms with E-state index in [0.717, 1.165) is 15.1 Å². The van der Waals surface area contributed by atoms with Crippen molar-refractivity contribution in [2.75, 3.05) is 5.75 Å². The molecule has 5 heteroatoms. The third-order valence-corrected chi connectivity index (χ3v) is 2.80. The highest BCUT2D eigenvalue weighted by atomic mass is 35.5. The van der Waals surface area contributed by atoms with Gasteiger partial charge in [0.05, 0.1) is 0 Å². The Labute approximate surface area is 92.0 Å². The Morgan fingerprint density at radius 2 is 2.54 bits per heavy atom. The molecule has 0 amide bonds. The number of halogens is 1. The molecule has 70 valence electrons. The SMILES string of the molecule is CC(Cl)=CCSC(=S)n1ccnc1. The van der Waals surface area contributed by atoms with Crippen molar-refractivity contribution in [3.63, 3.8) is 0 Å². The van der Waals surface area contributed by atoms with Gasteiger partial charge < -0.3 is 0 Å². The van der Waals surface area contributed by atoms with Crippen molar-refractivity contribution in [3.8, 4) is 0 Å². The fraction of sp³-hybridized carbons (Fsp3) is 0.250. The molecule has 0 saturated carbocycles. The minimum atomic E-state index is 0.784. The summed E-state index contributed by atoms with van der Waals surface area (Å²) in [6.07, 6.45) is 7.14. The van der Waals surface area contributed by atoms with E-state index in [2.05, 4.69) is 4.98 Å². The van der Waals surface area contributed by atoms with Crippen LogP contribution in [0.5, 0.6) is 0 Å². The molecule has 0 fully saturated rings. The standard InChI is InChI=1S/C8H9ClN2S2/c1-7(9)2-5-13-8(12)11-4-3-10-6-11/h2-4,6H,5H2,1H3. The third-order valence-electron chi connectivity index (χ3n) is 1.29. The molecule has 1 rings (SSSR count). The zero-order valence-electron chi connectivity index (χ0n) is 7.11. The van der Waals surface area contributed by atoms with Crippen LogP contribution in [0, 0.1) is 0 Å². The number of aromatic nitrogens is 2. The average Bonchev–Trinajstić information content (AvgIpc) is 2.55. The first-order valence-corrected chi connectivity index (χ1v) is 5.44. The number of imidazole rings is 1. The maximum Gasteiger partial charge on any atom is 0.146 e. The molecule has 2 nitrogen and oxygen atoms in total. The second-order valence-electron chi connectivity index (χ2n) is 2.34. The van der Waals surface area contributed by atoms with Gasteiger partial charge in [-0.3, -0.25) is 4.57 Å². The van der Waals surface area contributed by atoms with Gasteiger partial charge in [-0.1, -0.05) is 41.7 Å². The number of hydrogen-bond acceptors (Lipinski definition) is 3. The van der Waals surface area contributed by atoms with Gasteiger partial charge in [-0.25, -0.2) is 4.98 Å². The average molecular weight is 233 g/mol. The summed E-state index contributed by atoms with van der Waals surface area (Å²) in [4.78, 5) is 3.91. The monoisotopic (exact) mass is 232 g/mol. The first-order chi connectivity index (χ1) is 6.20. The van der Waals surface area contributed by atoms with E-state index in [1.807, 2.05) is 19.2 Å². The Bertz CT molecular complexity index is 302. The van der Waals surface area contributed by atoms with Crippen molar-refractivity contribution in [1.29, 1.82) is 0 Å². The normalized spacial score (nSPS) is 11.7. The summed E-state index contributed by atoms with van der Waals surface area (Å²) in [6, 6.07) is 0. The molecular weight excluding hydrogens is 224 g/mol. The lowest BCUT2D eigenvalue weighted by Crippen LogP contribution is -2.01. The van der Waals surface area contributed by atoms with Crippen LogP contribution in [0.4, 0.5) is 0 Å². The summed E-state index contributed by atoms with van der Waals surface area (Å²) >= 11 is 12.4. The van der Waals surface area contributed by atoms with Crippen LogP contribution in [0.3, 0.4) is 0 Å². The lowest BCUT2D eigenvalue weighted by atomic mass is 10.6. The smallest absolute Gasteiger partial charge is 0.146 e. The minimum absolute atomic E-state index is 0.784. The Morgan fingerprint density at radius 3 is 3.08 bits per heavy atom. The van der Waals surface area contributed by atoms with Crippen molar-refractivity contribution >= 4 is 39.9 Å². The molecule has 0 radical (unpaired) electrons. The van der Waals surface area contributed by atoms with E-state index in [1.54, 1.807) is 28.9 Å². The molecule has 0 N–H and O–H groups in total. The Balaban J connectivity index is 2.39. The highest BCUT2D eigenvalue weighted by Gasteiger charge is 1.97. The highest BCUT2D eigenvalue weighted by Crippen LogP contribution is 2.09. The van der Waals surface area contributed by atoms with Crippen LogP contribution >= 0.6 is 35.6 Å².